The van der Waals surface area contributed by atoms with Gasteiger partial charge >= 0.3 is 0 Å². The molecule has 1 fully saturated rings. The summed E-state index contributed by atoms with van der Waals surface area (Å²) < 4.78 is 0. The largest absolute Gasteiger partial charge is 0.356 e. The Balaban J connectivity index is 2.14. The van der Waals surface area contributed by atoms with Crippen molar-refractivity contribution >= 4 is 17.5 Å². The maximum atomic E-state index is 12.0. The summed E-state index contributed by atoms with van der Waals surface area (Å²) >= 11 is 5.76. The van der Waals surface area contributed by atoms with Crippen LogP contribution in [-0.4, -0.2) is 18.3 Å². The van der Waals surface area contributed by atoms with Gasteiger partial charge in [0.2, 0.25) is 5.91 Å². The van der Waals surface area contributed by atoms with Gasteiger partial charge in [-0.25, -0.2) is 0 Å². The van der Waals surface area contributed by atoms with Crippen molar-refractivity contribution in [2.75, 3.05) is 12.4 Å². The topological polar surface area (TPSA) is 29.1 Å². The van der Waals surface area contributed by atoms with E-state index in [2.05, 4.69) is 12.2 Å². The normalized spacial score (nSPS) is 19.9. The lowest BCUT2D eigenvalue weighted by Gasteiger charge is -2.19. The Morgan fingerprint density at radius 3 is 2.44 bits per heavy atom. The van der Waals surface area contributed by atoms with Crippen molar-refractivity contribution in [2.45, 2.75) is 64.7 Å². The Bertz CT molecular complexity index is 225. The van der Waals surface area contributed by atoms with Crippen LogP contribution in [0.5, 0.6) is 0 Å². The number of alkyl halides is 1. The second kappa shape index (κ2) is 9.66. The molecule has 0 saturated heterocycles. The van der Waals surface area contributed by atoms with Crippen LogP contribution in [0.3, 0.4) is 0 Å². The van der Waals surface area contributed by atoms with Gasteiger partial charge in [-0.3, -0.25) is 4.79 Å². The number of amides is 1. The van der Waals surface area contributed by atoms with Crippen molar-refractivity contribution in [1.82, 2.24) is 5.32 Å². The standard InChI is InChI=1S/C15H28ClNO/c1-13(12-16)8-7-11-17-15(18)14-9-5-3-2-4-6-10-14/h13-14H,2-12H2,1H3,(H,17,18). The fourth-order valence-electron chi connectivity index (χ4n) is 2.60. The van der Waals surface area contributed by atoms with E-state index >= 15 is 0 Å². The number of rotatable bonds is 6. The van der Waals surface area contributed by atoms with Crippen LogP contribution in [0.4, 0.5) is 0 Å². The van der Waals surface area contributed by atoms with Gasteiger partial charge in [0.25, 0.3) is 0 Å². The number of carbonyl (C=O) groups excluding carboxylic acids is 1. The van der Waals surface area contributed by atoms with Crippen LogP contribution in [0.25, 0.3) is 0 Å². The first kappa shape index (κ1) is 15.8. The highest BCUT2D eigenvalue weighted by Crippen LogP contribution is 2.22. The van der Waals surface area contributed by atoms with Crippen molar-refractivity contribution in [2.24, 2.45) is 11.8 Å². The van der Waals surface area contributed by atoms with E-state index < -0.39 is 0 Å². The second-order valence-electron chi connectivity index (χ2n) is 5.73. The maximum Gasteiger partial charge on any atom is 0.223 e. The Labute approximate surface area is 117 Å². The summed E-state index contributed by atoms with van der Waals surface area (Å²) in [6, 6.07) is 0. The van der Waals surface area contributed by atoms with Crippen LogP contribution in [-0.2, 0) is 4.79 Å². The van der Waals surface area contributed by atoms with E-state index in [0.29, 0.717) is 5.92 Å². The SMILES string of the molecule is CC(CCl)CCCNC(=O)C1CCCCCCC1. The molecule has 0 bridgehead atoms. The molecule has 1 atom stereocenters. The summed E-state index contributed by atoms with van der Waals surface area (Å²) in [6.07, 6.45) is 10.7. The predicted molar refractivity (Wildman–Crippen MR) is 77.9 cm³/mol. The lowest BCUT2D eigenvalue weighted by molar-refractivity contribution is -0.125. The van der Waals surface area contributed by atoms with E-state index in [4.69, 9.17) is 11.6 Å². The molecule has 106 valence electrons. The van der Waals surface area contributed by atoms with Crippen LogP contribution in [0.2, 0.25) is 0 Å². The van der Waals surface area contributed by atoms with Crippen molar-refractivity contribution in [3.63, 3.8) is 0 Å². The van der Waals surface area contributed by atoms with E-state index in [1.165, 1.54) is 32.1 Å². The fourth-order valence-corrected chi connectivity index (χ4v) is 2.76. The van der Waals surface area contributed by atoms with Gasteiger partial charge in [-0.1, -0.05) is 39.0 Å². The highest BCUT2D eigenvalue weighted by Gasteiger charge is 2.18. The minimum absolute atomic E-state index is 0.274. The molecule has 3 heteroatoms. The molecular weight excluding hydrogens is 246 g/mol. The Kier molecular flexibility index (Phi) is 8.49. The molecule has 1 aliphatic rings. The van der Waals surface area contributed by atoms with Gasteiger partial charge in [0.05, 0.1) is 0 Å². The number of carbonyl (C=O) groups is 1. The first-order valence-corrected chi connectivity index (χ1v) is 8.11. The lowest BCUT2D eigenvalue weighted by atomic mass is 9.90. The third-order valence-electron chi connectivity index (χ3n) is 3.91. The smallest absolute Gasteiger partial charge is 0.223 e. The molecule has 1 amide bonds. The molecular formula is C15H28ClNO. The first-order valence-electron chi connectivity index (χ1n) is 7.57. The highest BCUT2D eigenvalue weighted by atomic mass is 35.5. The summed E-state index contributed by atoms with van der Waals surface area (Å²) in [6.45, 7) is 2.97. The third kappa shape index (κ3) is 6.63. The number of hydrogen-bond donors (Lipinski definition) is 1. The minimum atomic E-state index is 0.274. The van der Waals surface area contributed by atoms with E-state index in [-0.39, 0.29) is 11.8 Å². The molecule has 0 aliphatic heterocycles. The van der Waals surface area contributed by atoms with Crippen LogP contribution in [0.1, 0.15) is 64.7 Å². The average molecular weight is 274 g/mol. The molecule has 0 radical (unpaired) electrons. The molecule has 1 saturated carbocycles. The van der Waals surface area contributed by atoms with Crippen LogP contribution < -0.4 is 5.32 Å². The molecule has 1 N–H and O–H groups in total. The summed E-state index contributed by atoms with van der Waals surface area (Å²) in [5.74, 6) is 1.84. The van der Waals surface area contributed by atoms with E-state index in [1.54, 1.807) is 0 Å². The van der Waals surface area contributed by atoms with Gasteiger partial charge in [0, 0.05) is 18.3 Å². The quantitative estimate of drug-likeness (QED) is 0.572. The molecule has 2 nitrogen and oxygen atoms in total. The van der Waals surface area contributed by atoms with Crippen molar-refractivity contribution in [3.8, 4) is 0 Å². The summed E-state index contributed by atoms with van der Waals surface area (Å²) in [7, 11) is 0. The van der Waals surface area contributed by atoms with Crippen LogP contribution >= 0.6 is 11.6 Å². The Hall–Kier alpha value is -0.240. The van der Waals surface area contributed by atoms with Gasteiger partial charge in [0.1, 0.15) is 0 Å². The monoisotopic (exact) mass is 273 g/mol. The zero-order valence-electron chi connectivity index (χ0n) is 11.7. The van der Waals surface area contributed by atoms with Gasteiger partial charge in [0.15, 0.2) is 0 Å². The van der Waals surface area contributed by atoms with Crippen molar-refractivity contribution in [1.29, 1.82) is 0 Å². The molecule has 1 aliphatic carbocycles. The van der Waals surface area contributed by atoms with E-state index in [9.17, 15) is 4.79 Å². The number of hydrogen-bond acceptors (Lipinski definition) is 1. The molecule has 0 aromatic rings. The Morgan fingerprint density at radius 1 is 1.22 bits per heavy atom. The molecule has 0 spiro atoms. The predicted octanol–water partition coefficient (Wildman–Crippen LogP) is 4.12. The zero-order valence-corrected chi connectivity index (χ0v) is 12.5. The van der Waals surface area contributed by atoms with Gasteiger partial charge < -0.3 is 5.32 Å². The molecule has 0 aromatic carbocycles. The summed E-state index contributed by atoms with van der Waals surface area (Å²) in [5, 5.41) is 3.10. The van der Waals surface area contributed by atoms with Gasteiger partial charge in [-0.15, -0.1) is 11.6 Å². The maximum absolute atomic E-state index is 12.0. The van der Waals surface area contributed by atoms with Gasteiger partial charge in [-0.05, 0) is 31.6 Å². The van der Waals surface area contributed by atoms with Crippen LogP contribution in [0.15, 0.2) is 0 Å². The van der Waals surface area contributed by atoms with E-state index in [0.717, 1.165) is 38.1 Å². The fraction of sp³-hybridized carbons (Fsp3) is 0.933. The Morgan fingerprint density at radius 2 is 1.83 bits per heavy atom. The van der Waals surface area contributed by atoms with Gasteiger partial charge in [-0.2, -0.15) is 0 Å². The average Bonchev–Trinajstić information content (AvgIpc) is 2.33. The van der Waals surface area contributed by atoms with Crippen molar-refractivity contribution in [3.05, 3.63) is 0 Å². The second-order valence-corrected chi connectivity index (χ2v) is 6.04. The summed E-state index contributed by atoms with van der Waals surface area (Å²) in [5.41, 5.74) is 0. The van der Waals surface area contributed by atoms with E-state index in [1.807, 2.05) is 0 Å². The first-order chi connectivity index (χ1) is 8.74. The highest BCUT2D eigenvalue weighted by molar-refractivity contribution is 6.18. The summed E-state index contributed by atoms with van der Waals surface area (Å²) in [4.78, 5) is 12.0. The molecule has 1 unspecified atom stereocenters. The number of nitrogens with one attached hydrogen (secondary N) is 1. The molecule has 0 heterocycles. The lowest BCUT2D eigenvalue weighted by Crippen LogP contribution is -2.32. The minimum Gasteiger partial charge on any atom is -0.356 e. The third-order valence-corrected chi connectivity index (χ3v) is 4.44. The molecule has 1 rings (SSSR count). The molecule has 0 aromatic heterocycles. The zero-order chi connectivity index (χ0) is 13.2. The number of halogens is 1. The van der Waals surface area contributed by atoms with Crippen molar-refractivity contribution < 1.29 is 4.79 Å². The van der Waals surface area contributed by atoms with Crippen LogP contribution in [0, 0.1) is 11.8 Å². The molecule has 18 heavy (non-hydrogen) atoms.